The van der Waals surface area contributed by atoms with Crippen LogP contribution < -0.4 is 5.32 Å². The van der Waals surface area contributed by atoms with Crippen molar-refractivity contribution in [3.05, 3.63) is 64.1 Å². The molecule has 0 saturated carbocycles. The third-order valence-electron chi connectivity index (χ3n) is 2.75. The van der Waals surface area contributed by atoms with Crippen LogP contribution in [0.15, 0.2) is 46.9 Å². The maximum Gasteiger partial charge on any atom is 0.224 e. The number of anilines is 1. The van der Waals surface area contributed by atoms with Crippen LogP contribution in [0.3, 0.4) is 0 Å². The summed E-state index contributed by atoms with van der Waals surface area (Å²) in [5.41, 5.74) is 0.991. The second-order valence-electron chi connectivity index (χ2n) is 4.28. The number of nitrogens with one attached hydrogen (secondary N) is 1. The van der Waals surface area contributed by atoms with Crippen LogP contribution in [-0.4, -0.2) is 5.91 Å². The summed E-state index contributed by atoms with van der Waals surface area (Å²) in [6.45, 7) is 0. The normalized spacial score (nSPS) is 10.3. The van der Waals surface area contributed by atoms with E-state index in [2.05, 4.69) is 21.2 Å². The fourth-order valence-electron chi connectivity index (χ4n) is 1.77. The zero-order valence-electron chi connectivity index (χ0n) is 10.5. The molecule has 2 nitrogen and oxygen atoms in total. The summed E-state index contributed by atoms with van der Waals surface area (Å²) in [6, 6.07) is 11.4. The highest BCUT2D eigenvalue weighted by atomic mass is 79.9. The maximum atomic E-state index is 13.6. The minimum Gasteiger partial charge on any atom is -0.323 e. The van der Waals surface area contributed by atoms with Crippen molar-refractivity contribution in [3.8, 4) is 0 Å². The number of aryl methyl sites for hydroxylation is 1. The van der Waals surface area contributed by atoms with Gasteiger partial charge in [0.1, 0.15) is 5.82 Å². The number of hydrogen-bond acceptors (Lipinski definition) is 1. The number of hydrogen-bond donors (Lipinski definition) is 1. The van der Waals surface area contributed by atoms with Gasteiger partial charge in [-0.3, -0.25) is 4.79 Å². The minimum atomic E-state index is -0.801. The van der Waals surface area contributed by atoms with Gasteiger partial charge in [-0.2, -0.15) is 0 Å². The summed E-state index contributed by atoms with van der Waals surface area (Å²) < 4.78 is 26.7. The molecule has 2 rings (SSSR count). The Morgan fingerprint density at radius 2 is 1.85 bits per heavy atom. The molecule has 0 spiro atoms. The fourth-order valence-corrected chi connectivity index (χ4v) is 2.27. The lowest BCUT2D eigenvalue weighted by atomic mass is 10.1. The van der Waals surface area contributed by atoms with E-state index in [9.17, 15) is 13.6 Å². The Bertz CT molecular complexity index is 594. The average Bonchev–Trinajstić information content (AvgIpc) is 2.42. The van der Waals surface area contributed by atoms with Gasteiger partial charge in [0.05, 0.1) is 5.69 Å². The zero-order chi connectivity index (χ0) is 14.5. The maximum absolute atomic E-state index is 13.6. The van der Waals surface area contributed by atoms with E-state index in [0.717, 1.165) is 17.7 Å². The molecule has 2 aromatic rings. The number of carbonyl (C=O) groups excluding carboxylic acids is 1. The van der Waals surface area contributed by atoms with E-state index < -0.39 is 11.6 Å². The number of benzene rings is 2. The summed E-state index contributed by atoms with van der Waals surface area (Å²) in [5, 5.41) is 2.45. The van der Waals surface area contributed by atoms with Crippen molar-refractivity contribution in [2.45, 2.75) is 12.8 Å². The zero-order valence-corrected chi connectivity index (χ0v) is 12.1. The molecule has 104 valence electrons. The monoisotopic (exact) mass is 339 g/mol. The average molecular weight is 340 g/mol. The highest BCUT2D eigenvalue weighted by molar-refractivity contribution is 9.10. The first-order valence-corrected chi connectivity index (χ1v) is 6.84. The lowest BCUT2D eigenvalue weighted by Crippen LogP contribution is -2.14. The smallest absolute Gasteiger partial charge is 0.224 e. The van der Waals surface area contributed by atoms with Crippen molar-refractivity contribution in [3.63, 3.8) is 0 Å². The highest BCUT2D eigenvalue weighted by Crippen LogP contribution is 2.27. The molecule has 0 saturated heterocycles. The molecule has 0 fully saturated rings. The van der Waals surface area contributed by atoms with E-state index in [0.29, 0.717) is 6.42 Å². The van der Waals surface area contributed by atoms with Gasteiger partial charge in [-0.05, 0) is 34.0 Å². The van der Waals surface area contributed by atoms with Gasteiger partial charge >= 0.3 is 0 Å². The second-order valence-corrected chi connectivity index (χ2v) is 5.13. The molecule has 0 aliphatic carbocycles. The van der Waals surface area contributed by atoms with E-state index >= 15 is 0 Å². The van der Waals surface area contributed by atoms with Crippen molar-refractivity contribution in [2.75, 3.05) is 5.32 Å². The number of amides is 1. The molecule has 0 aliphatic heterocycles. The van der Waals surface area contributed by atoms with Crippen molar-refractivity contribution in [2.24, 2.45) is 0 Å². The molecule has 5 heteroatoms. The topological polar surface area (TPSA) is 29.1 Å². The van der Waals surface area contributed by atoms with Crippen LogP contribution in [0, 0.1) is 11.6 Å². The molecule has 2 aromatic carbocycles. The van der Waals surface area contributed by atoms with Gasteiger partial charge in [0, 0.05) is 17.0 Å². The first kappa shape index (κ1) is 14.7. The third-order valence-corrected chi connectivity index (χ3v) is 3.38. The minimum absolute atomic E-state index is 0.0375. The van der Waals surface area contributed by atoms with Gasteiger partial charge in [0.25, 0.3) is 0 Å². The molecule has 20 heavy (non-hydrogen) atoms. The van der Waals surface area contributed by atoms with Crippen LogP contribution in [0.5, 0.6) is 0 Å². The summed E-state index contributed by atoms with van der Waals surface area (Å²) >= 11 is 3.03. The van der Waals surface area contributed by atoms with Gasteiger partial charge in [0.2, 0.25) is 5.91 Å². The van der Waals surface area contributed by atoms with Crippen LogP contribution in [-0.2, 0) is 11.2 Å². The molecular weight excluding hydrogens is 328 g/mol. The van der Waals surface area contributed by atoms with Crippen LogP contribution >= 0.6 is 15.9 Å². The van der Waals surface area contributed by atoms with Gasteiger partial charge in [-0.25, -0.2) is 8.78 Å². The first-order chi connectivity index (χ1) is 9.56. The van der Waals surface area contributed by atoms with E-state index in [1.165, 1.54) is 0 Å². The number of halogens is 3. The molecule has 0 aliphatic rings. The quantitative estimate of drug-likeness (QED) is 0.884. The Morgan fingerprint density at radius 1 is 1.15 bits per heavy atom. The van der Waals surface area contributed by atoms with Crippen LogP contribution in [0.25, 0.3) is 0 Å². The van der Waals surface area contributed by atoms with E-state index in [4.69, 9.17) is 0 Å². The Balaban J connectivity index is 1.98. The van der Waals surface area contributed by atoms with Crippen LogP contribution in [0.4, 0.5) is 14.5 Å². The Kier molecular flexibility index (Phi) is 4.84. The lowest BCUT2D eigenvalue weighted by Gasteiger charge is -2.09. The summed E-state index contributed by atoms with van der Waals surface area (Å²) in [6.07, 6.45) is 0.792. The molecule has 0 heterocycles. The predicted molar refractivity (Wildman–Crippen MR) is 77.5 cm³/mol. The van der Waals surface area contributed by atoms with Crippen molar-refractivity contribution >= 4 is 27.5 Å². The van der Waals surface area contributed by atoms with E-state index in [-0.39, 0.29) is 22.5 Å². The lowest BCUT2D eigenvalue weighted by molar-refractivity contribution is -0.116. The molecule has 1 amide bonds. The summed E-state index contributed by atoms with van der Waals surface area (Å²) in [4.78, 5) is 11.8. The van der Waals surface area contributed by atoms with Crippen LogP contribution in [0.2, 0.25) is 0 Å². The molecular formula is C15H12BrF2NO. The first-order valence-electron chi connectivity index (χ1n) is 6.04. The van der Waals surface area contributed by atoms with Gasteiger partial charge in [-0.15, -0.1) is 0 Å². The standard InChI is InChI=1S/C15H12BrF2NO/c16-12-8-11(17)9-13(18)15(12)19-14(20)7-6-10-4-2-1-3-5-10/h1-5,8-9H,6-7H2,(H,19,20). The van der Waals surface area contributed by atoms with E-state index in [1.807, 2.05) is 30.3 Å². The van der Waals surface area contributed by atoms with Crippen molar-refractivity contribution in [1.82, 2.24) is 0 Å². The van der Waals surface area contributed by atoms with Crippen molar-refractivity contribution < 1.29 is 13.6 Å². The Morgan fingerprint density at radius 3 is 2.50 bits per heavy atom. The SMILES string of the molecule is O=C(CCc1ccccc1)Nc1c(F)cc(F)cc1Br. The summed E-state index contributed by atoms with van der Waals surface area (Å²) in [7, 11) is 0. The fraction of sp³-hybridized carbons (Fsp3) is 0.133. The number of rotatable bonds is 4. The molecule has 0 radical (unpaired) electrons. The molecule has 0 atom stereocenters. The van der Waals surface area contributed by atoms with Crippen molar-refractivity contribution in [1.29, 1.82) is 0 Å². The molecule has 0 unspecified atom stereocenters. The largest absolute Gasteiger partial charge is 0.323 e. The van der Waals surface area contributed by atoms with E-state index in [1.54, 1.807) is 0 Å². The predicted octanol–water partition coefficient (Wildman–Crippen LogP) is 4.30. The van der Waals surface area contributed by atoms with Gasteiger partial charge in [0.15, 0.2) is 5.82 Å². The number of carbonyl (C=O) groups is 1. The van der Waals surface area contributed by atoms with Gasteiger partial charge in [-0.1, -0.05) is 30.3 Å². The van der Waals surface area contributed by atoms with Crippen LogP contribution in [0.1, 0.15) is 12.0 Å². The molecule has 0 aromatic heterocycles. The Labute approximate surface area is 123 Å². The Hall–Kier alpha value is -1.75. The van der Waals surface area contributed by atoms with Gasteiger partial charge < -0.3 is 5.32 Å². The third kappa shape index (κ3) is 3.87. The summed E-state index contributed by atoms with van der Waals surface area (Å²) in [5.74, 6) is -1.82. The molecule has 1 N–H and O–H groups in total. The second kappa shape index (κ2) is 6.61. The highest BCUT2D eigenvalue weighted by Gasteiger charge is 2.12. The molecule has 0 bridgehead atoms.